The van der Waals surface area contributed by atoms with Gasteiger partial charge in [-0.3, -0.25) is 0 Å². The molecule has 0 aliphatic rings. The lowest BCUT2D eigenvalue weighted by molar-refractivity contribution is 1.30. The van der Waals surface area contributed by atoms with Crippen LogP contribution in [0, 0.1) is 11.3 Å². The molecule has 58 valence electrons. The highest BCUT2D eigenvalue weighted by atomic mass is 35.5. The molecule has 1 heterocycles. The molecule has 0 saturated heterocycles. The van der Waals surface area contributed by atoms with Crippen LogP contribution in [0.2, 0.25) is 5.15 Å². The van der Waals surface area contributed by atoms with Gasteiger partial charge in [-0.25, -0.2) is 4.98 Å². The standard InChI is InChI=1S/C6H3ClN2.C2H6/c7-6-2-1-5(3-8)4-9-6;1-2/h1-2,4H;1-2H3. The van der Waals surface area contributed by atoms with Crippen molar-refractivity contribution in [2.45, 2.75) is 13.8 Å². The number of nitrogens with zero attached hydrogens (tertiary/aromatic N) is 2. The van der Waals surface area contributed by atoms with Gasteiger partial charge in [0.05, 0.1) is 5.56 Å². The van der Waals surface area contributed by atoms with E-state index in [0.29, 0.717) is 10.7 Å². The summed E-state index contributed by atoms with van der Waals surface area (Å²) in [5.41, 5.74) is 0.527. The molecule has 1 aromatic heterocycles. The first-order chi connectivity index (χ1) is 5.33. The zero-order chi connectivity index (χ0) is 8.69. The summed E-state index contributed by atoms with van der Waals surface area (Å²) in [6.45, 7) is 4.00. The summed E-state index contributed by atoms with van der Waals surface area (Å²) in [6, 6.07) is 5.14. The first-order valence-electron chi connectivity index (χ1n) is 3.34. The third-order valence-electron chi connectivity index (χ3n) is 0.856. The lowest BCUT2D eigenvalue weighted by atomic mass is 10.3. The quantitative estimate of drug-likeness (QED) is 0.559. The highest BCUT2D eigenvalue weighted by Gasteiger charge is 1.87. The molecule has 0 fully saturated rings. The molecule has 0 bridgehead atoms. The van der Waals surface area contributed by atoms with E-state index in [1.165, 1.54) is 6.20 Å². The zero-order valence-corrected chi connectivity index (χ0v) is 7.26. The number of halogens is 1. The van der Waals surface area contributed by atoms with Crippen LogP contribution in [0.1, 0.15) is 19.4 Å². The number of aromatic nitrogens is 1. The molecule has 3 heteroatoms. The van der Waals surface area contributed by atoms with E-state index in [4.69, 9.17) is 16.9 Å². The smallest absolute Gasteiger partial charge is 0.129 e. The Morgan fingerprint density at radius 1 is 1.45 bits per heavy atom. The van der Waals surface area contributed by atoms with Gasteiger partial charge in [-0.1, -0.05) is 25.4 Å². The third-order valence-corrected chi connectivity index (χ3v) is 1.08. The van der Waals surface area contributed by atoms with Gasteiger partial charge in [0, 0.05) is 6.20 Å². The van der Waals surface area contributed by atoms with E-state index in [-0.39, 0.29) is 0 Å². The minimum Gasteiger partial charge on any atom is -0.243 e. The molecule has 1 aromatic rings. The van der Waals surface area contributed by atoms with Crippen molar-refractivity contribution < 1.29 is 0 Å². The molecule has 0 unspecified atom stereocenters. The van der Waals surface area contributed by atoms with Crippen LogP contribution in [0.25, 0.3) is 0 Å². The van der Waals surface area contributed by atoms with E-state index in [2.05, 4.69) is 4.98 Å². The number of pyridine rings is 1. The molecule has 0 aromatic carbocycles. The van der Waals surface area contributed by atoms with E-state index in [1.807, 2.05) is 19.9 Å². The normalized spacial score (nSPS) is 7.45. The summed E-state index contributed by atoms with van der Waals surface area (Å²) in [4.78, 5) is 3.69. The number of rotatable bonds is 0. The van der Waals surface area contributed by atoms with Crippen LogP contribution in [0.3, 0.4) is 0 Å². The largest absolute Gasteiger partial charge is 0.243 e. The topological polar surface area (TPSA) is 36.7 Å². The Kier molecular flexibility index (Phi) is 5.14. The highest BCUT2D eigenvalue weighted by Crippen LogP contribution is 2.02. The molecule has 0 atom stereocenters. The first-order valence-corrected chi connectivity index (χ1v) is 3.72. The van der Waals surface area contributed by atoms with Crippen molar-refractivity contribution >= 4 is 11.6 Å². The lowest BCUT2D eigenvalue weighted by Gasteiger charge is -1.85. The highest BCUT2D eigenvalue weighted by molar-refractivity contribution is 6.29. The van der Waals surface area contributed by atoms with E-state index in [9.17, 15) is 0 Å². The monoisotopic (exact) mass is 168 g/mol. The molecule has 1 rings (SSSR count). The summed E-state index contributed by atoms with van der Waals surface area (Å²) in [6.07, 6.45) is 1.43. The second-order valence-electron chi connectivity index (χ2n) is 1.48. The summed E-state index contributed by atoms with van der Waals surface area (Å²) in [5.74, 6) is 0. The van der Waals surface area contributed by atoms with Gasteiger partial charge in [-0.15, -0.1) is 0 Å². The van der Waals surface area contributed by atoms with Crippen molar-refractivity contribution in [1.29, 1.82) is 5.26 Å². The van der Waals surface area contributed by atoms with Crippen LogP contribution in [0.4, 0.5) is 0 Å². The van der Waals surface area contributed by atoms with E-state index < -0.39 is 0 Å². The fourth-order valence-corrected chi connectivity index (χ4v) is 0.554. The fraction of sp³-hybridized carbons (Fsp3) is 0.250. The van der Waals surface area contributed by atoms with Gasteiger partial charge in [-0.2, -0.15) is 5.26 Å². The van der Waals surface area contributed by atoms with Crippen LogP contribution in [-0.2, 0) is 0 Å². The maximum Gasteiger partial charge on any atom is 0.129 e. The van der Waals surface area contributed by atoms with Gasteiger partial charge in [0.1, 0.15) is 11.2 Å². The fourth-order valence-electron chi connectivity index (χ4n) is 0.442. The van der Waals surface area contributed by atoms with E-state index in [0.717, 1.165) is 0 Å². The summed E-state index contributed by atoms with van der Waals surface area (Å²) < 4.78 is 0. The summed E-state index contributed by atoms with van der Waals surface area (Å²) >= 11 is 5.45. The Balaban J connectivity index is 0.000000461. The minimum atomic E-state index is 0.411. The van der Waals surface area contributed by atoms with Crippen molar-refractivity contribution in [2.75, 3.05) is 0 Å². The average molecular weight is 169 g/mol. The molecule has 0 radical (unpaired) electrons. The van der Waals surface area contributed by atoms with Crippen molar-refractivity contribution in [3.63, 3.8) is 0 Å². The van der Waals surface area contributed by atoms with Gasteiger partial charge < -0.3 is 0 Å². The summed E-state index contributed by atoms with van der Waals surface area (Å²) in [7, 11) is 0. The average Bonchev–Trinajstić information content (AvgIpc) is 2.10. The van der Waals surface area contributed by atoms with Crippen molar-refractivity contribution in [2.24, 2.45) is 0 Å². The predicted molar refractivity (Wildman–Crippen MR) is 45.3 cm³/mol. The van der Waals surface area contributed by atoms with Crippen molar-refractivity contribution in [1.82, 2.24) is 4.98 Å². The molecule has 2 nitrogen and oxygen atoms in total. The Morgan fingerprint density at radius 3 is 2.45 bits per heavy atom. The van der Waals surface area contributed by atoms with Gasteiger partial charge >= 0.3 is 0 Å². The molecule has 0 spiro atoms. The van der Waals surface area contributed by atoms with Crippen LogP contribution >= 0.6 is 11.6 Å². The second kappa shape index (κ2) is 5.70. The maximum atomic E-state index is 8.30. The number of hydrogen-bond acceptors (Lipinski definition) is 2. The molecule has 0 saturated carbocycles. The van der Waals surface area contributed by atoms with Crippen LogP contribution < -0.4 is 0 Å². The van der Waals surface area contributed by atoms with Gasteiger partial charge in [0.2, 0.25) is 0 Å². The van der Waals surface area contributed by atoms with Crippen molar-refractivity contribution in [3.05, 3.63) is 29.0 Å². The van der Waals surface area contributed by atoms with Gasteiger partial charge in [0.25, 0.3) is 0 Å². The van der Waals surface area contributed by atoms with Crippen molar-refractivity contribution in [3.8, 4) is 6.07 Å². The Hall–Kier alpha value is -1.07. The van der Waals surface area contributed by atoms with E-state index >= 15 is 0 Å². The number of nitriles is 1. The third kappa shape index (κ3) is 3.59. The van der Waals surface area contributed by atoms with Crippen LogP contribution in [-0.4, -0.2) is 4.98 Å². The Morgan fingerprint density at radius 2 is 2.09 bits per heavy atom. The molecule has 0 aliphatic heterocycles. The summed E-state index contributed by atoms with van der Waals surface area (Å²) in [5, 5.41) is 8.71. The van der Waals surface area contributed by atoms with Gasteiger partial charge in [-0.05, 0) is 12.1 Å². The predicted octanol–water partition coefficient (Wildman–Crippen LogP) is 2.63. The molecule has 0 aliphatic carbocycles. The molecular formula is C8H9ClN2. The van der Waals surface area contributed by atoms with E-state index in [1.54, 1.807) is 12.1 Å². The Labute approximate surface area is 71.4 Å². The van der Waals surface area contributed by atoms with Gasteiger partial charge in [0.15, 0.2) is 0 Å². The molecule has 11 heavy (non-hydrogen) atoms. The number of hydrogen-bond donors (Lipinski definition) is 0. The Bertz CT molecular complexity index is 235. The molecule has 0 amide bonds. The zero-order valence-electron chi connectivity index (χ0n) is 6.50. The maximum absolute atomic E-state index is 8.30. The first kappa shape index (κ1) is 9.93. The minimum absolute atomic E-state index is 0.411. The molecule has 0 N–H and O–H groups in total. The van der Waals surface area contributed by atoms with Crippen LogP contribution in [0.5, 0.6) is 0 Å². The molecular weight excluding hydrogens is 160 g/mol. The lowest BCUT2D eigenvalue weighted by Crippen LogP contribution is -1.75. The second-order valence-corrected chi connectivity index (χ2v) is 1.87. The van der Waals surface area contributed by atoms with Crippen LogP contribution in [0.15, 0.2) is 18.3 Å². The SMILES string of the molecule is CC.N#Cc1ccc(Cl)nc1.